The fourth-order valence-electron chi connectivity index (χ4n) is 2.27. The minimum atomic E-state index is -0.00250. The maximum atomic E-state index is 11.9. The topological polar surface area (TPSA) is 63.1 Å². The van der Waals surface area contributed by atoms with E-state index >= 15 is 0 Å². The number of carbonyl (C=O) groups excluding carboxylic acids is 1. The van der Waals surface area contributed by atoms with Gasteiger partial charge < -0.3 is 10.2 Å². The van der Waals surface area contributed by atoms with E-state index < -0.39 is 0 Å². The number of rotatable bonds is 4. The third kappa shape index (κ3) is 2.79. The highest BCUT2D eigenvalue weighted by molar-refractivity contribution is 5.75. The van der Waals surface area contributed by atoms with Gasteiger partial charge in [-0.2, -0.15) is 0 Å². The minimum absolute atomic E-state index is 0.00250. The fraction of sp³-hybridized carbons (Fsp3) is 0.357. The predicted octanol–water partition coefficient (Wildman–Crippen LogP) is 1.09. The zero-order chi connectivity index (χ0) is 13.8. The standard InChI is InChI=1S/C14H17N5O/c20-14(15-7-6-12-4-2-1-3-5-12)18-10-13(11-18)19-9-8-16-17-19/h1-5,8-9,13H,6-7,10-11H2,(H,15,20). The first-order valence-electron chi connectivity index (χ1n) is 6.75. The van der Waals surface area contributed by atoms with Gasteiger partial charge in [-0.1, -0.05) is 35.5 Å². The molecule has 0 unspecified atom stereocenters. The summed E-state index contributed by atoms with van der Waals surface area (Å²) in [5, 5.41) is 10.7. The predicted molar refractivity (Wildman–Crippen MR) is 74.2 cm³/mol. The Morgan fingerprint density at radius 3 is 2.80 bits per heavy atom. The van der Waals surface area contributed by atoms with Gasteiger partial charge in [0.05, 0.1) is 12.2 Å². The normalized spacial score (nSPS) is 14.9. The van der Waals surface area contributed by atoms with Crippen LogP contribution in [0.25, 0.3) is 0 Å². The van der Waals surface area contributed by atoms with E-state index in [9.17, 15) is 4.79 Å². The van der Waals surface area contributed by atoms with Crippen molar-refractivity contribution in [2.24, 2.45) is 0 Å². The highest BCUT2D eigenvalue weighted by Crippen LogP contribution is 2.19. The maximum absolute atomic E-state index is 11.9. The molecule has 0 spiro atoms. The average molecular weight is 271 g/mol. The number of hydrogen-bond acceptors (Lipinski definition) is 3. The second kappa shape index (κ2) is 5.73. The molecule has 20 heavy (non-hydrogen) atoms. The molecule has 1 fully saturated rings. The van der Waals surface area contributed by atoms with Gasteiger partial charge in [0.1, 0.15) is 0 Å². The van der Waals surface area contributed by atoms with Crippen molar-refractivity contribution in [2.45, 2.75) is 12.5 Å². The first-order valence-corrected chi connectivity index (χ1v) is 6.75. The van der Waals surface area contributed by atoms with Gasteiger partial charge in [-0.25, -0.2) is 9.48 Å². The van der Waals surface area contributed by atoms with Crippen molar-refractivity contribution in [1.29, 1.82) is 0 Å². The number of nitrogens with one attached hydrogen (secondary N) is 1. The molecule has 0 aliphatic carbocycles. The molecular formula is C14H17N5O. The van der Waals surface area contributed by atoms with Gasteiger partial charge in [0.2, 0.25) is 0 Å². The molecule has 3 rings (SSSR count). The second-order valence-electron chi connectivity index (χ2n) is 4.91. The van der Waals surface area contributed by atoms with Crippen LogP contribution in [0, 0.1) is 0 Å². The van der Waals surface area contributed by atoms with Gasteiger partial charge in [0.15, 0.2) is 0 Å². The molecule has 0 bridgehead atoms. The summed E-state index contributed by atoms with van der Waals surface area (Å²) >= 11 is 0. The molecule has 2 aromatic rings. The molecule has 1 aliphatic heterocycles. The molecule has 1 N–H and O–H groups in total. The number of carbonyl (C=O) groups is 1. The van der Waals surface area contributed by atoms with E-state index in [0.717, 1.165) is 6.42 Å². The van der Waals surface area contributed by atoms with Gasteiger partial charge in [-0.15, -0.1) is 5.10 Å². The largest absolute Gasteiger partial charge is 0.338 e. The van der Waals surface area contributed by atoms with E-state index in [2.05, 4.69) is 27.8 Å². The average Bonchev–Trinajstić information content (AvgIpc) is 2.92. The van der Waals surface area contributed by atoms with Crippen LogP contribution in [0.1, 0.15) is 11.6 Å². The number of amides is 2. The number of likely N-dealkylation sites (tertiary alicyclic amines) is 1. The van der Waals surface area contributed by atoms with Crippen molar-refractivity contribution in [3.8, 4) is 0 Å². The van der Waals surface area contributed by atoms with Crippen LogP contribution >= 0.6 is 0 Å². The van der Waals surface area contributed by atoms with Crippen LogP contribution in [0.3, 0.4) is 0 Å². The Labute approximate surface area is 117 Å². The molecular weight excluding hydrogens is 254 g/mol. The van der Waals surface area contributed by atoms with Crippen LogP contribution in [0.5, 0.6) is 0 Å². The Kier molecular flexibility index (Phi) is 3.62. The number of nitrogens with zero attached hydrogens (tertiary/aromatic N) is 4. The van der Waals surface area contributed by atoms with Crippen molar-refractivity contribution in [1.82, 2.24) is 25.2 Å². The van der Waals surface area contributed by atoms with Crippen molar-refractivity contribution in [3.63, 3.8) is 0 Å². The minimum Gasteiger partial charge on any atom is -0.338 e. The summed E-state index contributed by atoms with van der Waals surface area (Å²) in [4.78, 5) is 13.7. The third-order valence-corrected chi connectivity index (χ3v) is 3.50. The van der Waals surface area contributed by atoms with Gasteiger partial charge >= 0.3 is 6.03 Å². The molecule has 6 nitrogen and oxygen atoms in total. The molecule has 1 aliphatic rings. The van der Waals surface area contributed by atoms with Crippen molar-refractivity contribution in [2.75, 3.05) is 19.6 Å². The van der Waals surface area contributed by atoms with Crippen molar-refractivity contribution < 1.29 is 4.79 Å². The van der Waals surface area contributed by atoms with Crippen LogP contribution in [-0.4, -0.2) is 45.6 Å². The number of hydrogen-bond donors (Lipinski definition) is 1. The van der Waals surface area contributed by atoms with Crippen LogP contribution in [0.4, 0.5) is 4.79 Å². The molecule has 1 saturated heterocycles. The molecule has 2 heterocycles. The highest BCUT2D eigenvalue weighted by Gasteiger charge is 2.32. The molecule has 104 valence electrons. The van der Waals surface area contributed by atoms with Crippen LogP contribution in [0.2, 0.25) is 0 Å². The summed E-state index contributed by atoms with van der Waals surface area (Å²) in [5.41, 5.74) is 1.23. The smallest absolute Gasteiger partial charge is 0.317 e. The number of benzene rings is 1. The van der Waals surface area contributed by atoms with Gasteiger partial charge in [0, 0.05) is 25.8 Å². The lowest BCUT2D eigenvalue weighted by Crippen LogP contribution is -2.54. The Balaban J connectivity index is 1.39. The Hall–Kier alpha value is -2.37. The Morgan fingerprint density at radius 2 is 2.10 bits per heavy atom. The monoisotopic (exact) mass is 271 g/mol. The first kappa shape index (κ1) is 12.7. The van der Waals surface area contributed by atoms with Crippen molar-refractivity contribution in [3.05, 3.63) is 48.3 Å². The van der Waals surface area contributed by atoms with Gasteiger partial charge in [0.25, 0.3) is 0 Å². The zero-order valence-corrected chi connectivity index (χ0v) is 11.1. The Morgan fingerprint density at radius 1 is 1.30 bits per heavy atom. The lowest BCUT2D eigenvalue weighted by atomic mass is 10.1. The molecule has 6 heteroatoms. The van der Waals surface area contributed by atoms with E-state index in [0.29, 0.717) is 19.6 Å². The second-order valence-corrected chi connectivity index (χ2v) is 4.91. The summed E-state index contributed by atoms with van der Waals surface area (Å²) in [5.74, 6) is 0. The lowest BCUT2D eigenvalue weighted by Gasteiger charge is -2.38. The van der Waals surface area contributed by atoms with Crippen LogP contribution in [0.15, 0.2) is 42.7 Å². The van der Waals surface area contributed by atoms with Gasteiger partial charge in [-0.3, -0.25) is 0 Å². The molecule has 0 atom stereocenters. The lowest BCUT2D eigenvalue weighted by molar-refractivity contribution is 0.117. The molecule has 2 amide bonds. The van der Waals surface area contributed by atoms with Crippen LogP contribution < -0.4 is 5.32 Å². The van der Waals surface area contributed by atoms with E-state index in [4.69, 9.17) is 0 Å². The number of aromatic nitrogens is 3. The Bertz CT molecular complexity index is 548. The summed E-state index contributed by atoms with van der Waals surface area (Å²) in [6.07, 6.45) is 4.34. The molecule has 1 aromatic heterocycles. The van der Waals surface area contributed by atoms with E-state index in [1.807, 2.05) is 24.4 Å². The van der Waals surface area contributed by atoms with Gasteiger partial charge in [-0.05, 0) is 12.0 Å². The van der Waals surface area contributed by atoms with E-state index in [-0.39, 0.29) is 12.1 Å². The summed E-state index contributed by atoms with van der Waals surface area (Å²) in [7, 11) is 0. The summed E-state index contributed by atoms with van der Waals surface area (Å²) in [6.45, 7) is 2.05. The molecule has 0 saturated carbocycles. The number of urea groups is 1. The third-order valence-electron chi connectivity index (χ3n) is 3.50. The zero-order valence-electron chi connectivity index (χ0n) is 11.1. The van der Waals surface area contributed by atoms with E-state index in [1.165, 1.54) is 5.56 Å². The quantitative estimate of drug-likeness (QED) is 0.905. The maximum Gasteiger partial charge on any atom is 0.317 e. The summed E-state index contributed by atoms with van der Waals surface area (Å²) < 4.78 is 1.80. The van der Waals surface area contributed by atoms with Crippen LogP contribution in [-0.2, 0) is 6.42 Å². The van der Waals surface area contributed by atoms with E-state index in [1.54, 1.807) is 15.8 Å². The first-order chi connectivity index (χ1) is 9.83. The van der Waals surface area contributed by atoms with Crippen molar-refractivity contribution >= 4 is 6.03 Å². The molecule has 1 aromatic carbocycles. The summed E-state index contributed by atoms with van der Waals surface area (Å²) in [6, 6.07) is 10.4. The molecule has 0 radical (unpaired) electrons. The highest BCUT2D eigenvalue weighted by atomic mass is 16.2. The SMILES string of the molecule is O=C(NCCc1ccccc1)N1CC(n2ccnn2)C1. The fourth-order valence-corrected chi connectivity index (χ4v) is 2.27.